The number of anilines is 2. The predicted octanol–water partition coefficient (Wildman–Crippen LogP) is 3.75. The molecule has 0 saturated carbocycles. The zero-order valence-electron chi connectivity index (χ0n) is 13.7. The van der Waals surface area contributed by atoms with Crippen LogP contribution in [0.15, 0.2) is 24.3 Å². The maximum atomic E-state index is 13.7. The first-order valence-corrected chi connectivity index (χ1v) is 7.70. The third-order valence-electron chi connectivity index (χ3n) is 3.88. The summed E-state index contributed by atoms with van der Waals surface area (Å²) in [6, 6.07) is 3.27. The Morgan fingerprint density at radius 2 is 1.75 bits per heavy atom. The van der Waals surface area contributed by atoms with E-state index in [4.69, 9.17) is 0 Å². The van der Waals surface area contributed by atoms with Crippen molar-refractivity contribution in [2.24, 2.45) is 0 Å². The summed E-state index contributed by atoms with van der Waals surface area (Å²) in [6.07, 6.45) is -4.96. The van der Waals surface area contributed by atoms with Gasteiger partial charge >= 0.3 is 6.36 Å². The Morgan fingerprint density at radius 1 is 1.11 bits per heavy atom. The number of aromatic nitrogens is 1. The number of carbonyl (C=O) groups is 1. The first-order valence-electron chi connectivity index (χ1n) is 7.70. The van der Waals surface area contributed by atoms with Gasteiger partial charge in [0.05, 0.1) is 0 Å². The highest BCUT2D eigenvalue weighted by Gasteiger charge is 2.36. The second-order valence-corrected chi connectivity index (χ2v) is 5.72. The Hall–Kier alpha value is -3.05. The molecular formula is C16H10F7N3O2. The highest BCUT2D eigenvalue weighted by atomic mass is 19.4. The van der Waals surface area contributed by atoms with E-state index in [1.807, 2.05) is 0 Å². The van der Waals surface area contributed by atoms with Crippen LogP contribution >= 0.6 is 0 Å². The van der Waals surface area contributed by atoms with Gasteiger partial charge in [0.15, 0.2) is 0 Å². The summed E-state index contributed by atoms with van der Waals surface area (Å²) >= 11 is 0. The number of nitrogens with zero attached hydrogens (tertiary/aromatic N) is 2. The van der Waals surface area contributed by atoms with Gasteiger partial charge in [0, 0.05) is 18.3 Å². The van der Waals surface area contributed by atoms with E-state index in [2.05, 4.69) is 15.0 Å². The number of amides is 1. The van der Waals surface area contributed by atoms with Crippen molar-refractivity contribution in [3.05, 3.63) is 47.8 Å². The summed E-state index contributed by atoms with van der Waals surface area (Å²) in [5.41, 5.74) is -1.15. The maximum absolute atomic E-state index is 13.7. The maximum Gasteiger partial charge on any atom is 0.573 e. The van der Waals surface area contributed by atoms with E-state index in [9.17, 15) is 35.5 Å². The molecule has 1 aliphatic heterocycles. The van der Waals surface area contributed by atoms with E-state index < -0.39 is 53.3 Å². The molecule has 0 radical (unpaired) electrons. The molecule has 0 aliphatic carbocycles. The fraction of sp³-hybridized carbons (Fsp3) is 0.250. The van der Waals surface area contributed by atoms with Crippen LogP contribution in [0.1, 0.15) is 6.42 Å². The van der Waals surface area contributed by atoms with Gasteiger partial charge in [-0.05, 0) is 18.6 Å². The van der Waals surface area contributed by atoms with E-state index >= 15 is 0 Å². The Balaban J connectivity index is 1.80. The monoisotopic (exact) mass is 409 g/mol. The van der Waals surface area contributed by atoms with Gasteiger partial charge in [0.25, 0.3) is 11.9 Å². The lowest BCUT2D eigenvalue weighted by Gasteiger charge is -2.19. The van der Waals surface area contributed by atoms with Crippen LogP contribution in [0.4, 0.5) is 42.1 Å². The number of hydrogen-bond acceptors (Lipinski definition) is 4. The van der Waals surface area contributed by atoms with E-state index in [0.717, 1.165) is 17.0 Å². The zero-order valence-corrected chi connectivity index (χ0v) is 13.7. The lowest BCUT2D eigenvalue weighted by atomic mass is 10.2. The lowest BCUT2D eigenvalue weighted by Crippen LogP contribution is -2.34. The smallest absolute Gasteiger partial charge is 0.406 e. The molecule has 1 atom stereocenters. The van der Waals surface area contributed by atoms with Crippen molar-refractivity contribution in [3.63, 3.8) is 0 Å². The molecule has 2 aromatic rings. The van der Waals surface area contributed by atoms with Crippen LogP contribution in [-0.2, 0) is 4.79 Å². The van der Waals surface area contributed by atoms with Crippen molar-refractivity contribution < 1.29 is 40.3 Å². The number of ether oxygens (including phenoxy) is 1. The van der Waals surface area contributed by atoms with Crippen LogP contribution in [0, 0.1) is 23.5 Å². The van der Waals surface area contributed by atoms with Crippen LogP contribution in [-0.4, -0.2) is 29.8 Å². The number of carbonyl (C=O) groups excluding carboxylic acids is 1. The molecule has 1 aromatic heterocycles. The fourth-order valence-corrected chi connectivity index (χ4v) is 2.71. The first kappa shape index (κ1) is 19.7. The molecule has 2 heterocycles. The average Bonchev–Trinajstić information content (AvgIpc) is 2.96. The van der Waals surface area contributed by atoms with E-state index in [-0.39, 0.29) is 18.7 Å². The highest BCUT2D eigenvalue weighted by Crippen LogP contribution is 2.31. The lowest BCUT2D eigenvalue weighted by molar-refractivity contribution is -0.274. The molecule has 1 N–H and O–H groups in total. The van der Waals surface area contributed by atoms with E-state index in [1.54, 1.807) is 0 Å². The summed E-state index contributed by atoms with van der Waals surface area (Å²) < 4.78 is 94.5. The van der Waals surface area contributed by atoms with Crippen LogP contribution in [0.5, 0.6) is 5.75 Å². The van der Waals surface area contributed by atoms with Gasteiger partial charge < -0.3 is 15.0 Å². The number of rotatable bonds is 4. The molecule has 0 spiro atoms. The molecular weight excluding hydrogens is 399 g/mol. The quantitative estimate of drug-likeness (QED) is 0.618. The molecule has 1 saturated heterocycles. The van der Waals surface area contributed by atoms with Gasteiger partial charge in [0.2, 0.25) is 17.5 Å². The summed E-state index contributed by atoms with van der Waals surface area (Å²) in [5.74, 6) is -8.71. The van der Waals surface area contributed by atoms with Gasteiger partial charge in [-0.1, -0.05) is 6.07 Å². The molecule has 1 aliphatic rings. The summed E-state index contributed by atoms with van der Waals surface area (Å²) in [7, 11) is 0. The van der Waals surface area contributed by atoms with Gasteiger partial charge in [-0.15, -0.1) is 13.2 Å². The fourth-order valence-electron chi connectivity index (χ4n) is 2.71. The minimum atomic E-state index is -4.93. The van der Waals surface area contributed by atoms with E-state index in [0.29, 0.717) is 0 Å². The normalized spacial score (nSPS) is 17.2. The average molecular weight is 409 g/mol. The number of benzene rings is 1. The molecule has 1 fully saturated rings. The SMILES string of the molecule is O=C1C(Nc2c(F)c(F)nc(F)c2F)CCN1c1cccc(OC(F)(F)F)c1. The topological polar surface area (TPSA) is 54.5 Å². The molecule has 28 heavy (non-hydrogen) atoms. The van der Waals surface area contributed by atoms with Gasteiger partial charge in [-0.3, -0.25) is 4.79 Å². The summed E-state index contributed by atoms with van der Waals surface area (Å²) in [4.78, 5) is 15.9. The highest BCUT2D eigenvalue weighted by molar-refractivity contribution is 6.01. The number of halogens is 7. The van der Waals surface area contributed by atoms with Gasteiger partial charge in [-0.25, -0.2) is 0 Å². The molecule has 3 rings (SSSR count). The third-order valence-corrected chi connectivity index (χ3v) is 3.88. The Kier molecular flexibility index (Phi) is 5.04. The van der Waals surface area contributed by atoms with Gasteiger partial charge in [-0.2, -0.15) is 22.5 Å². The van der Waals surface area contributed by atoms with Crippen LogP contribution in [0.3, 0.4) is 0 Å². The first-order chi connectivity index (χ1) is 13.1. The Morgan fingerprint density at radius 3 is 2.36 bits per heavy atom. The molecule has 1 aromatic carbocycles. The standard InChI is InChI=1S/C16H10F7N3O2/c17-10-12(11(18)14(20)25-13(10)19)24-9-4-5-26(15(9)27)7-2-1-3-8(6-7)28-16(21,22)23/h1-3,6,9H,4-5H2,(H,24,25). The Bertz CT molecular complexity index is 894. The summed E-state index contributed by atoms with van der Waals surface area (Å²) in [5, 5.41) is 2.09. The van der Waals surface area contributed by atoms with Gasteiger partial charge in [0.1, 0.15) is 17.5 Å². The van der Waals surface area contributed by atoms with Crippen molar-refractivity contribution in [1.29, 1.82) is 0 Å². The van der Waals surface area contributed by atoms with Crippen molar-refractivity contribution in [2.45, 2.75) is 18.8 Å². The minimum Gasteiger partial charge on any atom is -0.406 e. The number of pyridine rings is 1. The van der Waals surface area contributed by atoms with Crippen LogP contribution in [0.25, 0.3) is 0 Å². The van der Waals surface area contributed by atoms with Crippen molar-refractivity contribution in [1.82, 2.24) is 4.98 Å². The third kappa shape index (κ3) is 3.94. The molecule has 5 nitrogen and oxygen atoms in total. The van der Waals surface area contributed by atoms with Crippen molar-refractivity contribution >= 4 is 17.3 Å². The number of nitrogens with one attached hydrogen (secondary N) is 1. The molecule has 1 amide bonds. The summed E-state index contributed by atoms with van der Waals surface area (Å²) in [6.45, 7) is -0.0226. The van der Waals surface area contributed by atoms with E-state index in [1.165, 1.54) is 12.1 Å². The van der Waals surface area contributed by atoms with Crippen molar-refractivity contribution in [3.8, 4) is 5.75 Å². The molecule has 0 bridgehead atoms. The minimum absolute atomic E-state index is 0.0226. The second-order valence-electron chi connectivity index (χ2n) is 5.72. The molecule has 1 unspecified atom stereocenters. The number of hydrogen-bond donors (Lipinski definition) is 1. The molecule has 12 heteroatoms. The second kappa shape index (κ2) is 7.17. The van der Waals surface area contributed by atoms with Crippen LogP contribution in [0.2, 0.25) is 0 Å². The van der Waals surface area contributed by atoms with Crippen LogP contribution < -0.4 is 15.0 Å². The predicted molar refractivity (Wildman–Crippen MR) is 81.6 cm³/mol. The molecule has 150 valence electrons. The zero-order chi connectivity index (χ0) is 20.6. The van der Waals surface area contributed by atoms with Crippen molar-refractivity contribution in [2.75, 3.05) is 16.8 Å². The Labute approximate surface area is 152 Å². The number of alkyl halides is 3. The largest absolute Gasteiger partial charge is 0.573 e.